The van der Waals surface area contributed by atoms with Crippen LogP contribution in [0.15, 0.2) is 40.1 Å². The summed E-state index contributed by atoms with van der Waals surface area (Å²) in [6.07, 6.45) is 1.11. The first-order chi connectivity index (χ1) is 12.0. The van der Waals surface area contributed by atoms with Gasteiger partial charge in [0, 0.05) is 29.2 Å². The lowest BCUT2D eigenvalue weighted by Crippen LogP contribution is -2.29. The minimum Gasteiger partial charge on any atom is -0.382 e. The van der Waals surface area contributed by atoms with Crippen LogP contribution >= 0.6 is 15.9 Å². The van der Waals surface area contributed by atoms with E-state index in [0.717, 1.165) is 10.0 Å². The third-order valence-corrected chi connectivity index (χ3v) is 4.19. The molecule has 2 aromatic rings. The SMILES string of the molecule is CCn1cc(NC(=O)C2CC(c3cccc(Br)c3)=NO2)c(C(N)=O)n1. The second-order valence-corrected chi connectivity index (χ2v) is 6.36. The number of halogens is 1. The van der Waals surface area contributed by atoms with Crippen LogP contribution in [0.2, 0.25) is 0 Å². The molecule has 25 heavy (non-hydrogen) atoms. The molecule has 0 saturated carbocycles. The molecule has 1 aliphatic rings. The first-order valence-electron chi connectivity index (χ1n) is 7.64. The number of anilines is 1. The summed E-state index contributed by atoms with van der Waals surface area (Å²) in [6.45, 7) is 2.41. The zero-order valence-electron chi connectivity index (χ0n) is 13.4. The van der Waals surface area contributed by atoms with Gasteiger partial charge in [-0.2, -0.15) is 5.10 Å². The number of nitrogens with two attached hydrogens (primary N) is 1. The number of primary amides is 1. The molecule has 1 aromatic heterocycles. The molecule has 1 atom stereocenters. The predicted molar refractivity (Wildman–Crippen MR) is 95.2 cm³/mol. The van der Waals surface area contributed by atoms with Gasteiger partial charge in [-0.25, -0.2) is 0 Å². The third kappa shape index (κ3) is 3.71. The van der Waals surface area contributed by atoms with Crippen LogP contribution in [0, 0.1) is 0 Å². The van der Waals surface area contributed by atoms with Gasteiger partial charge in [-0.1, -0.05) is 33.2 Å². The summed E-state index contributed by atoms with van der Waals surface area (Å²) in [6, 6.07) is 7.58. The summed E-state index contributed by atoms with van der Waals surface area (Å²) in [5, 5.41) is 10.7. The quantitative estimate of drug-likeness (QED) is 0.790. The number of benzene rings is 1. The minimum atomic E-state index is -0.778. The number of nitrogens with zero attached hydrogens (tertiary/aromatic N) is 3. The molecule has 130 valence electrons. The fraction of sp³-hybridized carbons (Fsp3) is 0.250. The van der Waals surface area contributed by atoms with Crippen molar-refractivity contribution in [1.29, 1.82) is 0 Å². The van der Waals surface area contributed by atoms with Crippen molar-refractivity contribution in [2.45, 2.75) is 26.0 Å². The largest absolute Gasteiger partial charge is 0.382 e. The summed E-state index contributed by atoms with van der Waals surface area (Å²) < 4.78 is 2.44. The maximum absolute atomic E-state index is 12.4. The number of hydrogen-bond donors (Lipinski definition) is 2. The van der Waals surface area contributed by atoms with Gasteiger partial charge in [-0.3, -0.25) is 14.3 Å². The number of nitrogens with one attached hydrogen (secondary N) is 1. The van der Waals surface area contributed by atoms with E-state index in [-0.39, 0.29) is 11.4 Å². The van der Waals surface area contributed by atoms with E-state index in [0.29, 0.717) is 18.7 Å². The molecule has 2 amide bonds. The Morgan fingerprint density at radius 1 is 1.48 bits per heavy atom. The second kappa shape index (κ2) is 7.06. The molecular formula is C16H16BrN5O3. The van der Waals surface area contributed by atoms with Gasteiger partial charge in [0.2, 0.25) is 6.10 Å². The third-order valence-electron chi connectivity index (χ3n) is 3.70. The Morgan fingerprint density at radius 2 is 2.28 bits per heavy atom. The Hall–Kier alpha value is -2.68. The van der Waals surface area contributed by atoms with Crippen LogP contribution in [0.3, 0.4) is 0 Å². The molecular weight excluding hydrogens is 390 g/mol. The highest BCUT2D eigenvalue weighted by atomic mass is 79.9. The molecule has 0 saturated heterocycles. The topological polar surface area (TPSA) is 112 Å². The van der Waals surface area contributed by atoms with E-state index in [9.17, 15) is 9.59 Å². The van der Waals surface area contributed by atoms with Crippen LogP contribution in [0.5, 0.6) is 0 Å². The molecule has 0 spiro atoms. The zero-order valence-corrected chi connectivity index (χ0v) is 15.0. The first-order valence-corrected chi connectivity index (χ1v) is 8.44. The van der Waals surface area contributed by atoms with Crippen LogP contribution in [0.4, 0.5) is 5.69 Å². The number of rotatable bonds is 5. The minimum absolute atomic E-state index is 0.0151. The van der Waals surface area contributed by atoms with Crippen molar-refractivity contribution in [3.05, 3.63) is 46.2 Å². The van der Waals surface area contributed by atoms with Gasteiger partial charge < -0.3 is 15.9 Å². The predicted octanol–water partition coefficient (Wildman–Crippen LogP) is 1.90. The molecule has 3 rings (SSSR count). The van der Waals surface area contributed by atoms with Crippen molar-refractivity contribution in [2.24, 2.45) is 10.9 Å². The van der Waals surface area contributed by atoms with Crippen LogP contribution < -0.4 is 11.1 Å². The van der Waals surface area contributed by atoms with Gasteiger partial charge in [-0.15, -0.1) is 0 Å². The number of amides is 2. The Balaban J connectivity index is 1.70. The molecule has 0 radical (unpaired) electrons. The van der Waals surface area contributed by atoms with Gasteiger partial charge in [0.15, 0.2) is 5.69 Å². The van der Waals surface area contributed by atoms with Crippen molar-refractivity contribution >= 4 is 39.1 Å². The fourth-order valence-electron chi connectivity index (χ4n) is 2.43. The molecule has 8 nitrogen and oxygen atoms in total. The van der Waals surface area contributed by atoms with Crippen LogP contribution in [-0.4, -0.2) is 33.4 Å². The van der Waals surface area contributed by atoms with Gasteiger partial charge >= 0.3 is 0 Å². The Kier molecular flexibility index (Phi) is 4.84. The molecule has 1 unspecified atom stereocenters. The summed E-state index contributed by atoms with van der Waals surface area (Å²) in [5.74, 6) is -1.12. The van der Waals surface area contributed by atoms with E-state index in [4.69, 9.17) is 10.6 Å². The lowest BCUT2D eigenvalue weighted by molar-refractivity contribution is -0.125. The van der Waals surface area contributed by atoms with E-state index >= 15 is 0 Å². The van der Waals surface area contributed by atoms with Gasteiger partial charge in [0.25, 0.3) is 11.8 Å². The zero-order chi connectivity index (χ0) is 18.0. The number of carbonyl (C=O) groups excluding carboxylic acids is 2. The number of carbonyl (C=O) groups is 2. The maximum atomic E-state index is 12.4. The van der Waals surface area contributed by atoms with E-state index in [1.54, 1.807) is 6.20 Å². The summed E-state index contributed by atoms with van der Waals surface area (Å²) in [4.78, 5) is 29.1. The van der Waals surface area contributed by atoms with Gasteiger partial charge in [0.05, 0.1) is 11.4 Å². The number of oxime groups is 1. The van der Waals surface area contributed by atoms with E-state index < -0.39 is 17.9 Å². The van der Waals surface area contributed by atoms with Crippen LogP contribution in [0.25, 0.3) is 0 Å². The highest BCUT2D eigenvalue weighted by Gasteiger charge is 2.30. The Morgan fingerprint density at radius 3 is 2.96 bits per heavy atom. The van der Waals surface area contributed by atoms with Crippen molar-refractivity contribution < 1.29 is 14.4 Å². The van der Waals surface area contributed by atoms with Crippen LogP contribution in [0.1, 0.15) is 29.4 Å². The van der Waals surface area contributed by atoms with E-state index in [1.807, 2.05) is 31.2 Å². The fourth-order valence-corrected chi connectivity index (χ4v) is 2.83. The number of aryl methyl sites for hydroxylation is 1. The lowest BCUT2D eigenvalue weighted by Gasteiger charge is -2.08. The molecule has 0 fully saturated rings. The summed E-state index contributed by atoms with van der Waals surface area (Å²) in [7, 11) is 0. The number of aromatic nitrogens is 2. The van der Waals surface area contributed by atoms with Gasteiger partial charge in [-0.05, 0) is 19.1 Å². The molecule has 1 aromatic carbocycles. The van der Waals surface area contributed by atoms with Crippen molar-refractivity contribution in [3.63, 3.8) is 0 Å². The average molecular weight is 406 g/mol. The highest BCUT2D eigenvalue weighted by Crippen LogP contribution is 2.21. The van der Waals surface area contributed by atoms with E-state index in [1.165, 1.54) is 4.68 Å². The van der Waals surface area contributed by atoms with Crippen molar-refractivity contribution in [3.8, 4) is 0 Å². The standard InChI is InChI=1S/C16H16BrN5O3/c1-2-22-8-12(14(20-22)15(18)23)19-16(24)13-7-11(21-25-13)9-4-3-5-10(17)6-9/h3-6,8,13H,2,7H2,1H3,(H2,18,23)(H,19,24). The summed E-state index contributed by atoms with van der Waals surface area (Å²) >= 11 is 3.40. The normalized spacial score (nSPS) is 16.2. The first kappa shape index (κ1) is 17.2. The Labute approximate surface area is 152 Å². The van der Waals surface area contributed by atoms with Crippen LogP contribution in [-0.2, 0) is 16.2 Å². The molecule has 0 aliphatic carbocycles. The molecule has 2 heterocycles. The van der Waals surface area contributed by atoms with Crippen molar-refractivity contribution in [1.82, 2.24) is 9.78 Å². The van der Waals surface area contributed by atoms with E-state index in [2.05, 4.69) is 31.5 Å². The Bertz CT molecular complexity index is 861. The lowest BCUT2D eigenvalue weighted by atomic mass is 10.0. The van der Waals surface area contributed by atoms with Crippen molar-refractivity contribution in [2.75, 3.05) is 5.32 Å². The molecule has 9 heteroatoms. The average Bonchev–Trinajstić information content (AvgIpc) is 3.21. The smallest absolute Gasteiger partial charge is 0.271 e. The molecule has 0 bridgehead atoms. The second-order valence-electron chi connectivity index (χ2n) is 5.45. The number of hydrogen-bond acceptors (Lipinski definition) is 5. The molecule has 3 N–H and O–H groups in total. The maximum Gasteiger partial charge on any atom is 0.271 e. The van der Waals surface area contributed by atoms with Gasteiger partial charge in [0.1, 0.15) is 0 Å². The monoisotopic (exact) mass is 405 g/mol. The highest BCUT2D eigenvalue weighted by molar-refractivity contribution is 9.10. The molecule has 1 aliphatic heterocycles. The summed E-state index contributed by atoms with van der Waals surface area (Å²) in [5.41, 5.74) is 7.14.